The fourth-order valence-corrected chi connectivity index (χ4v) is 4.45. The van der Waals surface area contributed by atoms with Crippen molar-refractivity contribution in [3.05, 3.63) is 0 Å². The van der Waals surface area contributed by atoms with E-state index in [0.717, 1.165) is 0 Å². The number of aliphatic carboxylic acids is 1. The Balaban J connectivity index is 2.28. The molecule has 2 heterocycles. The van der Waals surface area contributed by atoms with Gasteiger partial charge in [-0.15, -0.1) is 11.8 Å². The first kappa shape index (κ1) is 12.9. The van der Waals surface area contributed by atoms with E-state index in [0.29, 0.717) is 0 Å². The Morgan fingerprint density at radius 3 is 2.59 bits per heavy atom. The lowest BCUT2D eigenvalue weighted by atomic mass is 9.89. The van der Waals surface area contributed by atoms with Crippen molar-refractivity contribution < 1.29 is 19.5 Å². The Bertz CT molecular complexity index is 411. The molecule has 2 fully saturated rings. The lowest BCUT2D eigenvalue weighted by Crippen LogP contribution is -2.64. The van der Waals surface area contributed by atoms with E-state index in [1.807, 2.05) is 0 Å². The molecule has 7 heteroatoms. The third-order valence-electron chi connectivity index (χ3n) is 3.15. The van der Waals surface area contributed by atoms with Crippen LogP contribution in [-0.2, 0) is 14.4 Å². The molecule has 0 spiro atoms. The quantitative estimate of drug-likeness (QED) is 0.471. The van der Waals surface area contributed by atoms with Gasteiger partial charge in [0.1, 0.15) is 12.0 Å². The number of amides is 1. The highest BCUT2D eigenvalue weighted by atomic mass is 79.9. The van der Waals surface area contributed by atoms with Crippen LogP contribution in [0.25, 0.3) is 0 Å². The van der Waals surface area contributed by atoms with Gasteiger partial charge in [-0.05, 0) is 13.8 Å². The highest BCUT2D eigenvalue weighted by Gasteiger charge is 2.65. The van der Waals surface area contributed by atoms with Gasteiger partial charge in [0.05, 0.1) is 10.7 Å². The average molecular weight is 322 g/mol. The van der Waals surface area contributed by atoms with Crippen molar-refractivity contribution in [2.45, 2.75) is 30.0 Å². The number of carbonyl (C=O) groups excluding carboxylic acids is 2. The maximum atomic E-state index is 11.9. The Hall–Kier alpha value is -0.560. The molecule has 2 aliphatic rings. The van der Waals surface area contributed by atoms with Crippen molar-refractivity contribution in [3.63, 3.8) is 0 Å². The van der Waals surface area contributed by atoms with E-state index in [2.05, 4.69) is 15.9 Å². The zero-order valence-electron chi connectivity index (χ0n) is 9.34. The normalized spacial score (nSPS) is 34.2. The molecule has 2 saturated heterocycles. The predicted octanol–water partition coefficient (Wildman–Crippen LogP) is 0.714. The van der Waals surface area contributed by atoms with Gasteiger partial charge in [0.2, 0.25) is 5.91 Å². The monoisotopic (exact) mass is 321 g/mol. The Morgan fingerprint density at radius 1 is 1.53 bits per heavy atom. The number of ketones is 1. The molecular formula is C10H12BrNO4S. The van der Waals surface area contributed by atoms with Crippen molar-refractivity contribution in [1.82, 2.24) is 4.90 Å². The van der Waals surface area contributed by atoms with Crippen molar-refractivity contribution in [3.8, 4) is 0 Å². The van der Waals surface area contributed by atoms with Gasteiger partial charge in [-0.3, -0.25) is 9.59 Å². The van der Waals surface area contributed by atoms with E-state index >= 15 is 0 Å². The van der Waals surface area contributed by atoms with Crippen molar-refractivity contribution in [2.75, 3.05) is 5.33 Å². The van der Waals surface area contributed by atoms with Gasteiger partial charge in [0.25, 0.3) is 0 Å². The minimum Gasteiger partial charge on any atom is -0.480 e. The summed E-state index contributed by atoms with van der Waals surface area (Å²) in [7, 11) is 0. The maximum absolute atomic E-state index is 11.9. The number of fused-ring (bicyclic) bond motifs is 1. The minimum atomic E-state index is -1.01. The largest absolute Gasteiger partial charge is 0.480 e. The van der Waals surface area contributed by atoms with Crippen LogP contribution in [0.5, 0.6) is 0 Å². The van der Waals surface area contributed by atoms with Crippen molar-refractivity contribution in [1.29, 1.82) is 0 Å². The summed E-state index contributed by atoms with van der Waals surface area (Å²) in [5.41, 5.74) is 0. The molecule has 0 aromatic heterocycles. The predicted molar refractivity (Wildman–Crippen MR) is 66.0 cm³/mol. The number of rotatable bonds is 3. The lowest BCUT2D eigenvalue weighted by Gasteiger charge is -2.42. The summed E-state index contributed by atoms with van der Waals surface area (Å²) in [6.45, 7) is 3.58. The summed E-state index contributed by atoms with van der Waals surface area (Å²) < 4.78 is -0.562. The standard InChI is InChI=1S/C10H12BrNO4S/c1-10(2)6(9(15)16)12-7(14)5(4(13)3-11)8(12)17-10/h5-6,8H,3H2,1-2H3,(H,15,16)/t5-,6+,8-/m1/s1. The topological polar surface area (TPSA) is 74.7 Å². The molecule has 3 atom stereocenters. The summed E-state index contributed by atoms with van der Waals surface area (Å²) in [6, 6.07) is -0.843. The molecule has 2 rings (SSSR count). The van der Waals surface area contributed by atoms with E-state index in [4.69, 9.17) is 5.11 Å². The second-order valence-corrected chi connectivity index (χ2v) is 7.01. The lowest BCUT2D eigenvalue weighted by molar-refractivity contribution is -0.165. The Labute approximate surface area is 111 Å². The Morgan fingerprint density at radius 2 is 2.12 bits per heavy atom. The van der Waals surface area contributed by atoms with Gasteiger partial charge < -0.3 is 10.0 Å². The van der Waals surface area contributed by atoms with Crippen LogP contribution in [-0.4, -0.2) is 49.2 Å². The number of carboxylic acid groups (broad SMARTS) is 1. The number of β-lactam (4-membered cyclic amide) rings is 1. The molecule has 2 aliphatic heterocycles. The molecule has 0 aromatic carbocycles. The van der Waals surface area contributed by atoms with Crippen LogP contribution in [0, 0.1) is 5.92 Å². The number of carboxylic acids is 1. The number of halogens is 1. The van der Waals surface area contributed by atoms with Crippen LogP contribution in [0.4, 0.5) is 0 Å². The number of Topliss-reactive ketones (excluding diaryl/α,β-unsaturated/α-hetero) is 1. The number of carbonyl (C=O) groups is 3. The molecule has 0 bridgehead atoms. The molecule has 5 nitrogen and oxygen atoms in total. The van der Waals surface area contributed by atoms with Gasteiger partial charge in [-0.1, -0.05) is 15.9 Å². The number of nitrogens with zero attached hydrogens (tertiary/aromatic N) is 1. The zero-order chi connectivity index (χ0) is 13.0. The van der Waals surface area contributed by atoms with Gasteiger partial charge in [-0.2, -0.15) is 0 Å². The first-order valence-electron chi connectivity index (χ1n) is 5.12. The van der Waals surface area contributed by atoms with E-state index in [9.17, 15) is 14.4 Å². The zero-order valence-corrected chi connectivity index (χ0v) is 11.7. The fourth-order valence-electron chi connectivity index (χ4n) is 2.39. The number of alkyl halides is 1. The molecule has 0 saturated carbocycles. The van der Waals surface area contributed by atoms with Crippen LogP contribution >= 0.6 is 27.7 Å². The summed E-state index contributed by atoms with van der Waals surface area (Å²) >= 11 is 4.43. The molecule has 0 aromatic rings. The fraction of sp³-hybridized carbons (Fsp3) is 0.700. The van der Waals surface area contributed by atoms with E-state index in [1.165, 1.54) is 16.7 Å². The van der Waals surface area contributed by atoms with Crippen LogP contribution < -0.4 is 0 Å². The maximum Gasteiger partial charge on any atom is 0.327 e. The molecule has 1 N–H and O–H groups in total. The third kappa shape index (κ3) is 1.71. The average Bonchev–Trinajstić information content (AvgIpc) is 2.46. The van der Waals surface area contributed by atoms with E-state index in [1.54, 1.807) is 13.8 Å². The summed E-state index contributed by atoms with van der Waals surface area (Å²) in [6.07, 6.45) is 0. The first-order valence-corrected chi connectivity index (χ1v) is 7.13. The molecule has 0 aliphatic carbocycles. The molecule has 94 valence electrons. The Kier molecular flexibility index (Phi) is 3.02. The van der Waals surface area contributed by atoms with Gasteiger partial charge in [0, 0.05) is 4.75 Å². The number of hydrogen-bond donors (Lipinski definition) is 1. The summed E-state index contributed by atoms with van der Waals surface area (Å²) in [5.74, 6) is -2.22. The van der Waals surface area contributed by atoms with Crippen molar-refractivity contribution >= 4 is 45.4 Å². The molecule has 0 unspecified atom stereocenters. The van der Waals surface area contributed by atoms with Gasteiger partial charge in [-0.25, -0.2) is 4.79 Å². The van der Waals surface area contributed by atoms with Crippen LogP contribution in [0.1, 0.15) is 13.8 Å². The van der Waals surface area contributed by atoms with Crippen LogP contribution in [0.15, 0.2) is 0 Å². The van der Waals surface area contributed by atoms with Gasteiger partial charge in [0.15, 0.2) is 5.78 Å². The molecule has 0 radical (unpaired) electrons. The number of thioether (sulfide) groups is 1. The second-order valence-electron chi connectivity index (χ2n) is 4.68. The third-order valence-corrected chi connectivity index (χ3v) is 5.28. The van der Waals surface area contributed by atoms with Crippen LogP contribution in [0.3, 0.4) is 0 Å². The summed E-state index contributed by atoms with van der Waals surface area (Å²) in [4.78, 5) is 36.0. The van der Waals surface area contributed by atoms with E-state index in [-0.39, 0.29) is 22.4 Å². The number of hydrogen-bond acceptors (Lipinski definition) is 4. The molecular weight excluding hydrogens is 310 g/mol. The summed E-state index contributed by atoms with van der Waals surface area (Å²) in [5, 5.41) is 8.98. The van der Waals surface area contributed by atoms with Crippen LogP contribution in [0.2, 0.25) is 0 Å². The smallest absolute Gasteiger partial charge is 0.327 e. The highest BCUT2D eigenvalue weighted by Crippen LogP contribution is 2.53. The SMILES string of the molecule is CC1(C)S[C@@H]2[C@H](C(=O)CBr)C(=O)N2[C@H]1C(=O)O. The van der Waals surface area contributed by atoms with E-state index < -0.39 is 22.7 Å². The van der Waals surface area contributed by atoms with Crippen molar-refractivity contribution in [2.24, 2.45) is 5.92 Å². The molecule has 17 heavy (non-hydrogen) atoms. The van der Waals surface area contributed by atoms with Gasteiger partial charge >= 0.3 is 5.97 Å². The second kappa shape index (κ2) is 3.98. The molecule has 1 amide bonds. The highest BCUT2D eigenvalue weighted by molar-refractivity contribution is 9.09. The minimum absolute atomic E-state index is 0.131. The first-order chi connectivity index (χ1) is 7.81.